The Morgan fingerprint density at radius 1 is 1.04 bits per heavy atom. The van der Waals surface area contributed by atoms with Crippen molar-refractivity contribution in [1.29, 1.82) is 0 Å². The zero-order chi connectivity index (χ0) is 19.4. The Hall–Kier alpha value is -1.44. The third-order valence-corrected chi connectivity index (χ3v) is 7.52. The largest absolute Gasteiger partial charge is 0.325 e. The quantitative estimate of drug-likeness (QED) is 0.835. The van der Waals surface area contributed by atoms with E-state index >= 15 is 0 Å². The monoisotopic (exact) mass is 393 g/mol. The fourth-order valence-corrected chi connectivity index (χ4v) is 5.45. The highest BCUT2D eigenvalue weighted by Crippen LogP contribution is 2.24. The van der Waals surface area contributed by atoms with E-state index in [9.17, 15) is 13.2 Å². The molecule has 150 valence electrons. The van der Waals surface area contributed by atoms with Gasteiger partial charge in [-0.15, -0.1) is 0 Å². The molecular formula is C20H31N3O3S. The zero-order valence-corrected chi connectivity index (χ0v) is 17.2. The van der Waals surface area contributed by atoms with Crippen LogP contribution in [0.25, 0.3) is 0 Å². The molecule has 2 aliphatic heterocycles. The van der Waals surface area contributed by atoms with Gasteiger partial charge in [0.1, 0.15) is 0 Å². The summed E-state index contributed by atoms with van der Waals surface area (Å²) in [5.41, 5.74) is 0.635. The van der Waals surface area contributed by atoms with Gasteiger partial charge in [-0.1, -0.05) is 13.8 Å². The third-order valence-electron chi connectivity index (χ3n) is 5.64. The summed E-state index contributed by atoms with van der Waals surface area (Å²) in [6.07, 6.45) is 4.25. The summed E-state index contributed by atoms with van der Waals surface area (Å²) in [4.78, 5) is 14.7. The number of hydrogen-bond donors (Lipinski definition) is 1. The molecule has 2 heterocycles. The van der Waals surface area contributed by atoms with Crippen LogP contribution in [0.4, 0.5) is 5.69 Å². The minimum atomic E-state index is -3.46. The first-order valence-electron chi connectivity index (χ1n) is 9.97. The standard InChI is InChI=1S/C20H31N3O3S/c1-16-9-12-22(13-10-16)15-20(24)21-18-5-7-19(8-6-18)27(25,26)23-11-3-4-17(2)14-23/h5-8,16-17H,3-4,9-15H2,1-2H3,(H,21,24). The van der Waals surface area contributed by atoms with E-state index in [-0.39, 0.29) is 5.91 Å². The highest BCUT2D eigenvalue weighted by atomic mass is 32.2. The number of carbonyl (C=O) groups excluding carboxylic acids is 1. The van der Waals surface area contributed by atoms with Crippen molar-refractivity contribution >= 4 is 21.6 Å². The molecule has 1 N–H and O–H groups in total. The van der Waals surface area contributed by atoms with Crippen molar-refractivity contribution < 1.29 is 13.2 Å². The number of rotatable bonds is 5. The van der Waals surface area contributed by atoms with E-state index in [1.165, 1.54) is 0 Å². The van der Waals surface area contributed by atoms with Gasteiger partial charge in [-0.3, -0.25) is 9.69 Å². The van der Waals surface area contributed by atoms with Crippen LogP contribution in [-0.4, -0.2) is 56.3 Å². The predicted octanol–water partition coefficient (Wildman–Crippen LogP) is 2.78. The Bertz CT molecular complexity index is 740. The summed E-state index contributed by atoms with van der Waals surface area (Å²) in [5.74, 6) is 1.08. The average Bonchev–Trinajstić information content (AvgIpc) is 2.64. The molecule has 0 spiro atoms. The van der Waals surface area contributed by atoms with Crippen LogP contribution < -0.4 is 5.32 Å². The molecule has 6 nitrogen and oxygen atoms in total. The number of amides is 1. The Morgan fingerprint density at radius 2 is 1.70 bits per heavy atom. The van der Waals surface area contributed by atoms with Crippen molar-refractivity contribution in [2.24, 2.45) is 11.8 Å². The SMILES string of the molecule is CC1CCN(CC(=O)Nc2ccc(S(=O)(=O)N3CCCC(C)C3)cc2)CC1. The molecule has 2 aliphatic rings. The number of benzene rings is 1. The van der Waals surface area contributed by atoms with Crippen LogP contribution in [0.15, 0.2) is 29.2 Å². The Labute approximate surface area is 163 Å². The van der Waals surface area contributed by atoms with Gasteiger partial charge in [0.05, 0.1) is 11.4 Å². The fraction of sp³-hybridized carbons (Fsp3) is 0.650. The summed E-state index contributed by atoms with van der Waals surface area (Å²) in [7, 11) is -3.46. The molecule has 1 amide bonds. The van der Waals surface area contributed by atoms with Crippen molar-refractivity contribution in [3.63, 3.8) is 0 Å². The molecule has 1 unspecified atom stereocenters. The summed E-state index contributed by atoms with van der Waals surface area (Å²) in [5, 5.41) is 2.88. The Balaban J connectivity index is 1.57. The summed E-state index contributed by atoms with van der Waals surface area (Å²) >= 11 is 0. The van der Waals surface area contributed by atoms with E-state index in [1.54, 1.807) is 28.6 Å². The predicted molar refractivity (Wildman–Crippen MR) is 107 cm³/mol. The lowest BCUT2D eigenvalue weighted by Gasteiger charge is -2.30. The molecule has 1 aromatic rings. The fourth-order valence-electron chi connectivity index (χ4n) is 3.85. The van der Waals surface area contributed by atoms with Gasteiger partial charge >= 0.3 is 0 Å². The number of anilines is 1. The third kappa shape index (κ3) is 5.30. The maximum absolute atomic E-state index is 12.8. The molecule has 2 fully saturated rings. The molecule has 0 saturated carbocycles. The van der Waals surface area contributed by atoms with Crippen molar-refractivity contribution in [3.05, 3.63) is 24.3 Å². The molecule has 0 radical (unpaired) electrons. The van der Waals surface area contributed by atoms with Gasteiger partial charge in [-0.05, 0) is 74.9 Å². The van der Waals surface area contributed by atoms with Crippen molar-refractivity contribution in [3.8, 4) is 0 Å². The summed E-state index contributed by atoms with van der Waals surface area (Å²) in [6.45, 7) is 7.80. The topological polar surface area (TPSA) is 69.7 Å². The molecule has 0 bridgehead atoms. The Kier molecular flexibility index (Phi) is 6.55. The molecule has 0 aromatic heterocycles. The van der Waals surface area contributed by atoms with E-state index < -0.39 is 10.0 Å². The van der Waals surface area contributed by atoms with Gasteiger partial charge in [0.25, 0.3) is 0 Å². The van der Waals surface area contributed by atoms with E-state index in [2.05, 4.69) is 24.1 Å². The second-order valence-corrected chi connectivity index (χ2v) is 10.1. The molecule has 0 aliphatic carbocycles. The lowest BCUT2D eigenvalue weighted by atomic mass is 9.99. The van der Waals surface area contributed by atoms with Crippen LogP contribution in [0.5, 0.6) is 0 Å². The summed E-state index contributed by atoms with van der Waals surface area (Å²) in [6, 6.07) is 6.53. The highest BCUT2D eigenvalue weighted by Gasteiger charge is 2.28. The lowest BCUT2D eigenvalue weighted by molar-refractivity contribution is -0.117. The van der Waals surface area contributed by atoms with Crippen molar-refractivity contribution in [2.45, 2.75) is 44.4 Å². The smallest absolute Gasteiger partial charge is 0.243 e. The number of nitrogens with zero attached hydrogens (tertiary/aromatic N) is 2. The second-order valence-electron chi connectivity index (χ2n) is 8.14. The summed E-state index contributed by atoms with van der Waals surface area (Å²) < 4.78 is 27.2. The second kappa shape index (κ2) is 8.71. The van der Waals surface area contributed by atoms with Crippen molar-refractivity contribution in [1.82, 2.24) is 9.21 Å². The Morgan fingerprint density at radius 3 is 2.33 bits per heavy atom. The van der Waals surface area contributed by atoms with Gasteiger partial charge in [0.15, 0.2) is 0 Å². The number of carbonyl (C=O) groups is 1. The van der Waals surface area contributed by atoms with Crippen LogP contribution >= 0.6 is 0 Å². The first-order chi connectivity index (χ1) is 12.8. The zero-order valence-electron chi connectivity index (χ0n) is 16.4. The molecule has 3 rings (SSSR count). The number of nitrogens with one attached hydrogen (secondary N) is 1. The van der Waals surface area contributed by atoms with Crippen LogP contribution in [0.1, 0.15) is 39.5 Å². The van der Waals surface area contributed by atoms with Crippen LogP contribution in [0.2, 0.25) is 0 Å². The van der Waals surface area contributed by atoms with Gasteiger partial charge < -0.3 is 5.32 Å². The minimum absolute atomic E-state index is 0.0509. The number of hydrogen-bond acceptors (Lipinski definition) is 4. The van der Waals surface area contributed by atoms with Crippen molar-refractivity contribution in [2.75, 3.05) is 38.0 Å². The van der Waals surface area contributed by atoms with Gasteiger partial charge in [-0.25, -0.2) is 8.42 Å². The maximum Gasteiger partial charge on any atom is 0.243 e. The van der Waals surface area contributed by atoms with E-state index in [4.69, 9.17) is 0 Å². The van der Waals surface area contributed by atoms with Crippen LogP contribution in [-0.2, 0) is 14.8 Å². The molecule has 1 aromatic carbocycles. The van der Waals surface area contributed by atoms with Gasteiger partial charge in [0, 0.05) is 18.8 Å². The first kappa shape index (κ1) is 20.3. The number of piperidine rings is 2. The first-order valence-corrected chi connectivity index (χ1v) is 11.4. The molecule has 7 heteroatoms. The molecule has 1 atom stereocenters. The van der Waals surface area contributed by atoms with Crippen LogP contribution in [0, 0.1) is 11.8 Å². The number of sulfonamides is 1. The average molecular weight is 394 g/mol. The van der Waals surface area contributed by atoms with E-state index in [1.807, 2.05) is 0 Å². The maximum atomic E-state index is 12.8. The lowest BCUT2D eigenvalue weighted by Crippen LogP contribution is -2.39. The highest BCUT2D eigenvalue weighted by molar-refractivity contribution is 7.89. The normalized spacial score (nSPS) is 23.3. The number of likely N-dealkylation sites (tertiary alicyclic amines) is 1. The minimum Gasteiger partial charge on any atom is -0.325 e. The van der Waals surface area contributed by atoms with Crippen LogP contribution in [0.3, 0.4) is 0 Å². The molecule has 2 saturated heterocycles. The van der Waals surface area contributed by atoms with Gasteiger partial charge in [-0.2, -0.15) is 4.31 Å². The van der Waals surface area contributed by atoms with E-state index in [0.717, 1.165) is 44.7 Å². The van der Waals surface area contributed by atoms with Gasteiger partial charge in [0.2, 0.25) is 15.9 Å². The molecule has 27 heavy (non-hydrogen) atoms. The van der Waals surface area contributed by atoms with E-state index in [0.29, 0.717) is 36.1 Å². The molecular weight excluding hydrogens is 362 g/mol.